The molecule has 4 aliphatic heterocycles. The summed E-state index contributed by atoms with van der Waals surface area (Å²) in [6.45, 7) is 5.13. The Morgan fingerprint density at radius 2 is 1.59 bits per heavy atom. The average molecular weight is 856 g/mol. The van der Waals surface area contributed by atoms with Gasteiger partial charge in [-0.2, -0.15) is 0 Å². The van der Waals surface area contributed by atoms with Crippen LogP contribution >= 0.6 is 0 Å². The van der Waals surface area contributed by atoms with Gasteiger partial charge in [-0.05, 0) is 74.6 Å². The number of benzene rings is 2. The zero-order valence-corrected chi connectivity index (χ0v) is 34.8. The first-order valence-corrected chi connectivity index (χ1v) is 21.7. The lowest BCUT2D eigenvalue weighted by atomic mass is 9.95. The number of nitrogens with zero attached hydrogens (tertiary/aromatic N) is 8. The minimum atomic E-state index is -1.01. The number of unbranched alkanes of at least 4 members (excludes halogenated alkanes) is 2. The molecule has 6 amide bonds. The molecule has 1 unspecified atom stereocenters. The van der Waals surface area contributed by atoms with Crippen molar-refractivity contribution in [1.29, 1.82) is 0 Å². The van der Waals surface area contributed by atoms with E-state index in [9.17, 15) is 28.8 Å². The molecule has 9 rings (SSSR count). The molecule has 0 aliphatic carbocycles. The maximum atomic E-state index is 13.3. The molecule has 3 aromatic heterocycles. The second-order valence-corrected chi connectivity index (χ2v) is 16.4. The third-order valence-corrected chi connectivity index (χ3v) is 12.5. The molecule has 18 heteroatoms. The normalized spacial score (nSPS) is 18.3. The van der Waals surface area contributed by atoms with Gasteiger partial charge in [0.2, 0.25) is 23.6 Å². The summed E-state index contributed by atoms with van der Waals surface area (Å²) >= 11 is 0. The summed E-state index contributed by atoms with van der Waals surface area (Å²) in [7, 11) is 0. The van der Waals surface area contributed by atoms with E-state index in [1.165, 1.54) is 0 Å². The van der Waals surface area contributed by atoms with Crippen molar-refractivity contribution in [3.63, 3.8) is 0 Å². The first-order valence-electron chi connectivity index (χ1n) is 21.7. The van der Waals surface area contributed by atoms with Crippen LogP contribution in [0.1, 0.15) is 77.8 Å². The summed E-state index contributed by atoms with van der Waals surface area (Å²) in [6, 6.07) is 16.1. The minimum Gasteiger partial charge on any atom is -0.467 e. The Hall–Kier alpha value is -7.11. The molecule has 1 atom stereocenters. The van der Waals surface area contributed by atoms with Crippen LogP contribution in [-0.4, -0.2) is 117 Å². The smallest absolute Gasteiger partial charge is 0.262 e. The van der Waals surface area contributed by atoms with E-state index >= 15 is 0 Å². The summed E-state index contributed by atoms with van der Waals surface area (Å²) < 4.78 is 7.30. The van der Waals surface area contributed by atoms with Gasteiger partial charge in [0.1, 0.15) is 29.6 Å². The van der Waals surface area contributed by atoms with Crippen LogP contribution in [0.15, 0.2) is 77.8 Å². The molecule has 63 heavy (non-hydrogen) atoms. The van der Waals surface area contributed by atoms with Gasteiger partial charge >= 0.3 is 0 Å². The fourth-order valence-electron chi connectivity index (χ4n) is 8.94. The Kier molecular flexibility index (Phi) is 11.8. The largest absolute Gasteiger partial charge is 0.467 e. The van der Waals surface area contributed by atoms with Crippen LogP contribution in [0.5, 0.6) is 0 Å². The highest BCUT2D eigenvalue weighted by atomic mass is 16.3. The highest BCUT2D eigenvalue weighted by Gasteiger charge is 2.45. The standard InChI is InChI=1S/C45H49N11O7/c57-38-14-13-36(43(60)50-38)56-44(61)34-12-11-32(25-35(34)45(56)62)52-18-15-30(16-19-52)42(59)46-17-3-1-2-6-39(58)54-22-20-53(21-23-54)31-9-7-29(8-10-31)40-41-51-49-28-55(41)37(27-48-40)47-26-33-5-4-24-63-33/h4-5,7-12,24-25,27-28,30,36,47H,1-3,6,13-23,26H2,(H,46,59)(H,50,57,60). The molecule has 0 saturated carbocycles. The molecule has 3 N–H and O–H groups in total. The number of hydrogen-bond acceptors (Lipinski definition) is 13. The number of piperidine rings is 2. The molecular weight excluding hydrogens is 807 g/mol. The van der Waals surface area contributed by atoms with Crippen molar-refractivity contribution in [2.45, 2.75) is 64.0 Å². The number of hydrogen-bond donors (Lipinski definition) is 3. The monoisotopic (exact) mass is 855 g/mol. The Labute approximate surface area is 363 Å². The highest BCUT2D eigenvalue weighted by molar-refractivity contribution is 6.23. The van der Waals surface area contributed by atoms with Gasteiger partial charge in [0.25, 0.3) is 11.8 Å². The molecule has 4 aliphatic rings. The fourth-order valence-corrected chi connectivity index (χ4v) is 8.94. The number of piperazine rings is 1. The van der Waals surface area contributed by atoms with E-state index < -0.39 is 29.7 Å². The number of aromatic nitrogens is 4. The van der Waals surface area contributed by atoms with Gasteiger partial charge in [0, 0.05) is 81.5 Å². The first-order chi connectivity index (χ1) is 30.7. The third-order valence-electron chi connectivity index (χ3n) is 12.5. The van der Waals surface area contributed by atoms with E-state index in [-0.39, 0.29) is 41.7 Å². The molecule has 5 aromatic rings. The van der Waals surface area contributed by atoms with Crippen LogP contribution in [0.3, 0.4) is 0 Å². The van der Waals surface area contributed by atoms with E-state index in [0.717, 1.165) is 71.5 Å². The van der Waals surface area contributed by atoms with Crippen molar-refractivity contribution in [3.05, 3.63) is 90.3 Å². The number of amides is 6. The first kappa shape index (κ1) is 41.3. The molecule has 0 bridgehead atoms. The van der Waals surface area contributed by atoms with Crippen LogP contribution in [0.25, 0.3) is 16.9 Å². The van der Waals surface area contributed by atoms with Gasteiger partial charge in [-0.15, -0.1) is 10.2 Å². The van der Waals surface area contributed by atoms with Crippen molar-refractivity contribution in [2.24, 2.45) is 5.92 Å². The number of nitrogens with one attached hydrogen (secondary N) is 3. The Morgan fingerprint density at radius 3 is 2.35 bits per heavy atom. The van der Waals surface area contributed by atoms with Crippen LogP contribution in [0, 0.1) is 5.92 Å². The summed E-state index contributed by atoms with van der Waals surface area (Å²) in [5, 5.41) is 17.1. The topological polar surface area (TPSA) is 208 Å². The molecule has 0 spiro atoms. The van der Waals surface area contributed by atoms with Crippen molar-refractivity contribution in [3.8, 4) is 11.3 Å². The zero-order valence-electron chi connectivity index (χ0n) is 34.8. The highest BCUT2D eigenvalue weighted by Crippen LogP contribution is 2.33. The second-order valence-electron chi connectivity index (χ2n) is 16.4. The summed E-state index contributed by atoms with van der Waals surface area (Å²) in [5.74, 6) is -0.478. The van der Waals surface area contributed by atoms with Crippen LogP contribution in [0.4, 0.5) is 17.2 Å². The SMILES string of the molecule is O=C1CCC(N2C(=O)c3ccc(N4CCC(C(=O)NCCCCCC(=O)N5CCN(c6ccc(-c7ncc(NCc8ccco8)n8cnnc78)cc6)CC5)CC4)cc3C2=O)C(=O)N1. The average Bonchev–Trinajstić information content (AvgIpc) is 4.08. The van der Waals surface area contributed by atoms with E-state index in [4.69, 9.17) is 9.40 Å². The van der Waals surface area contributed by atoms with Crippen LogP contribution in [0.2, 0.25) is 0 Å². The molecule has 2 aromatic carbocycles. The lowest BCUT2D eigenvalue weighted by molar-refractivity contribution is -0.136. The van der Waals surface area contributed by atoms with E-state index in [1.807, 2.05) is 33.6 Å². The second kappa shape index (κ2) is 18.1. The molecule has 0 radical (unpaired) electrons. The van der Waals surface area contributed by atoms with Gasteiger partial charge in [-0.1, -0.05) is 18.6 Å². The number of fused-ring (bicyclic) bond motifs is 2. The quantitative estimate of drug-likeness (QED) is 0.108. The molecule has 3 fully saturated rings. The van der Waals surface area contributed by atoms with Crippen LogP contribution < -0.4 is 25.8 Å². The lowest BCUT2D eigenvalue weighted by Crippen LogP contribution is -2.54. The summed E-state index contributed by atoms with van der Waals surface area (Å²) in [6.07, 6.45) is 9.44. The number of anilines is 3. The Bertz CT molecular complexity index is 2520. The van der Waals surface area contributed by atoms with E-state index in [1.54, 1.807) is 37.0 Å². The van der Waals surface area contributed by atoms with Gasteiger partial charge < -0.3 is 29.8 Å². The minimum absolute atomic E-state index is 0.0289. The molecule has 18 nitrogen and oxygen atoms in total. The van der Waals surface area contributed by atoms with Gasteiger partial charge in [-0.25, -0.2) is 4.98 Å². The van der Waals surface area contributed by atoms with E-state index in [2.05, 4.69) is 48.1 Å². The van der Waals surface area contributed by atoms with Crippen molar-refractivity contribution in [1.82, 2.24) is 40.0 Å². The van der Waals surface area contributed by atoms with Crippen molar-refractivity contribution < 1.29 is 33.2 Å². The molecule has 7 heterocycles. The predicted molar refractivity (Wildman–Crippen MR) is 231 cm³/mol. The Balaban J connectivity index is 0.661. The van der Waals surface area contributed by atoms with Crippen molar-refractivity contribution >= 4 is 58.3 Å². The number of carbonyl (C=O) groups excluding carboxylic acids is 6. The van der Waals surface area contributed by atoms with Crippen molar-refractivity contribution in [2.75, 3.05) is 60.9 Å². The predicted octanol–water partition coefficient (Wildman–Crippen LogP) is 3.64. The molecular formula is C45H49N11O7. The number of furan rings is 1. The Morgan fingerprint density at radius 1 is 0.825 bits per heavy atom. The number of rotatable bonds is 14. The van der Waals surface area contributed by atoms with Gasteiger partial charge in [-0.3, -0.25) is 43.4 Å². The van der Waals surface area contributed by atoms with Gasteiger partial charge in [0.05, 0.1) is 30.1 Å². The summed E-state index contributed by atoms with van der Waals surface area (Å²) in [4.78, 5) is 88.4. The molecule has 326 valence electrons. The number of carbonyl (C=O) groups is 6. The van der Waals surface area contributed by atoms with E-state index in [0.29, 0.717) is 64.2 Å². The molecule has 3 saturated heterocycles. The summed E-state index contributed by atoms with van der Waals surface area (Å²) in [5.41, 5.74) is 4.67. The van der Waals surface area contributed by atoms with Crippen LogP contribution in [-0.2, 0) is 25.7 Å². The third kappa shape index (κ3) is 8.69. The maximum absolute atomic E-state index is 13.3. The van der Waals surface area contributed by atoms with Gasteiger partial charge in [0.15, 0.2) is 5.65 Å². The number of imide groups is 2. The fraction of sp³-hybridized carbons (Fsp3) is 0.400. The lowest BCUT2D eigenvalue weighted by Gasteiger charge is -2.36. The zero-order chi connectivity index (χ0) is 43.5. The maximum Gasteiger partial charge on any atom is 0.262 e.